The highest BCUT2D eigenvalue weighted by molar-refractivity contribution is 5.76. The Hall–Kier alpha value is -2.21. The smallest absolute Gasteiger partial charge is 0.220 e. The van der Waals surface area contributed by atoms with Crippen molar-refractivity contribution in [2.24, 2.45) is 7.05 Å². The van der Waals surface area contributed by atoms with Crippen LogP contribution in [0.25, 0.3) is 0 Å². The molecule has 6 nitrogen and oxygen atoms in total. The normalized spacial score (nSPS) is 12.1. The first kappa shape index (κ1) is 15.2. The third-order valence-corrected chi connectivity index (χ3v) is 3.11. The molecule has 1 amide bonds. The summed E-state index contributed by atoms with van der Waals surface area (Å²) in [6.45, 7) is 0.398. The number of hydrogen-bond acceptors (Lipinski definition) is 4. The lowest BCUT2D eigenvalue weighted by molar-refractivity contribution is -0.122. The van der Waals surface area contributed by atoms with Crippen LogP contribution in [0.4, 0.5) is 0 Å². The molecule has 2 rings (SSSR count). The van der Waals surface area contributed by atoms with E-state index in [4.69, 9.17) is 4.74 Å². The average Bonchev–Trinajstić information content (AvgIpc) is 2.91. The van der Waals surface area contributed by atoms with Gasteiger partial charge in [0.25, 0.3) is 0 Å². The summed E-state index contributed by atoms with van der Waals surface area (Å²) in [6.07, 6.45) is 6.48. The molecule has 0 aliphatic rings. The molecular weight excluding hydrogens is 268 g/mol. The molecule has 2 aromatic heterocycles. The van der Waals surface area contributed by atoms with E-state index in [0.29, 0.717) is 19.4 Å². The minimum absolute atomic E-state index is 0.0217. The number of nitrogens with one attached hydrogen (secondary N) is 1. The molecule has 0 saturated carbocycles. The Bertz CT molecular complexity index is 568. The van der Waals surface area contributed by atoms with Gasteiger partial charge in [0.2, 0.25) is 5.91 Å². The molecule has 1 N–H and O–H groups in total. The number of carbonyl (C=O) groups is 1. The molecule has 1 atom stereocenters. The molecule has 2 heterocycles. The maximum Gasteiger partial charge on any atom is 0.220 e. The SMILES string of the molecule is COCC(NC(=O)CCc1cnn(C)c1)c1ccccn1. The monoisotopic (exact) mass is 288 g/mol. The molecule has 6 heteroatoms. The van der Waals surface area contributed by atoms with Crippen LogP contribution in [0.5, 0.6) is 0 Å². The quantitative estimate of drug-likeness (QED) is 0.832. The van der Waals surface area contributed by atoms with Gasteiger partial charge in [0.05, 0.1) is 24.5 Å². The largest absolute Gasteiger partial charge is 0.382 e. The fourth-order valence-electron chi connectivity index (χ4n) is 2.08. The zero-order valence-electron chi connectivity index (χ0n) is 12.3. The van der Waals surface area contributed by atoms with Gasteiger partial charge in [-0.2, -0.15) is 5.10 Å². The van der Waals surface area contributed by atoms with Crippen molar-refractivity contribution in [2.75, 3.05) is 13.7 Å². The molecule has 0 spiro atoms. The van der Waals surface area contributed by atoms with E-state index in [1.807, 2.05) is 31.4 Å². The zero-order chi connectivity index (χ0) is 15.1. The fraction of sp³-hybridized carbons (Fsp3) is 0.400. The molecule has 2 aromatic rings. The van der Waals surface area contributed by atoms with Gasteiger partial charge in [0.15, 0.2) is 0 Å². The Morgan fingerprint density at radius 1 is 1.48 bits per heavy atom. The molecule has 0 fully saturated rings. The second kappa shape index (κ2) is 7.54. The highest BCUT2D eigenvalue weighted by Crippen LogP contribution is 2.10. The number of nitrogens with zero attached hydrogens (tertiary/aromatic N) is 3. The van der Waals surface area contributed by atoms with Gasteiger partial charge in [0, 0.05) is 33.0 Å². The Kier molecular flexibility index (Phi) is 5.45. The van der Waals surface area contributed by atoms with Crippen LogP contribution in [0.15, 0.2) is 36.8 Å². The van der Waals surface area contributed by atoms with Gasteiger partial charge in [-0.05, 0) is 24.1 Å². The number of methoxy groups -OCH3 is 1. The lowest BCUT2D eigenvalue weighted by Gasteiger charge is -2.17. The van der Waals surface area contributed by atoms with Crippen molar-refractivity contribution in [3.8, 4) is 0 Å². The number of hydrogen-bond donors (Lipinski definition) is 1. The third-order valence-electron chi connectivity index (χ3n) is 3.11. The molecule has 112 valence electrons. The molecule has 21 heavy (non-hydrogen) atoms. The van der Waals surface area contributed by atoms with E-state index in [2.05, 4.69) is 15.4 Å². The van der Waals surface area contributed by atoms with Crippen LogP contribution in [0.2, 0.25) is 0 Å². The van der Waals surface area contributed by atoms with Gasteiger partial charge in [-0.1, -0.05) is 6.07 Å². The van der Waals surface area contributed by atoms with Crippen molar-refractivity contribution in [3.63, 3.8) is 0 Å². The second-order valence-corrected chi connectivity index (χ2v) is 4.85. The number of aryl methyl sites for hydroxylation is 2. The highest BCUT2D eigenvalue weighted by atomic mass is 16.5. The number of rotatable bonds is 7. The van der Waals surface area contributed by atoms with Gasteiger partial charge in [0.1, 0.15) is 0 Å². The van der Waals surface area contributed by atoms with E-state index in [-0.39, 0.29) is 11.9 Å². The predicted octanol–water partition coefficient (Wildman–Crippen LogP) is 1.25. The molecule has 0 radical (unpaired) electrons. The van der Waals surface area contributed by atoms with Crippen molar-refractivity contribution in [3.05, 3.63) is 48.0 Å². The minimum Gasteiger partial charge on any atom is -0.382 e. The van der Waals surface area contributed by atoms with Crippen LogP contribution in [-0.2, 0) is 23.0 Å². The maximum atomic E-state index is 12.1. The van der Waals surface area contributed by atoms with Crippen molar-refractivity contribution >= 4 is 5.91 Å². The van der Waals surface area contributed by atoms with E-state index < -0.39 is 0 Å². The van der Waals surface area contributed by atoms with Gasteiger partial charge in [-0.15, -0.1) is 0 Å². The maximum absolute atomic E-state index is 12.1. The molecule has 0 aliphatic heterocycles. The first-order valence-corrected chi connectivity index (χ1v) is 6.86. The summed E-state index contributed by atoms with van der Waals surface area (Å²) in [6, 6.07) is 5.40. The van der Waals surface area contributed by atoms with Gasteiger partial charge in [-0.25, -0.2) is 0 Å². The first-order valence-electron chi connectivity index (χ1n) is 6.86. The van der Waals surface area contributed by atoms with Crippen LogP contribution in [0, 0.1) is 0 Å². The van der Waals surface area contributed by atoms with Crippen molar-refractivity contribution in [1.29, 1.82) is 0 Å². The summed E-state index contributed by atoms with van der Waals surface area (Å²) in [5.41, 5.74) is 1.85. The molecular formula is C15H20N4O2. The van der Waals surface area contributed by atoms with Crippen LogP contribution in [0.3, 0.4) is 0 Å². The molecule has 1 unspecified atom stereocenters. The van der Waals surface area contributed by atoms with Crippen LogP contribution in [0.1, 0.15) is 23.7 Å². The lowest BCUT2D eigenvalue weighted by Crippen LogP contribution is -2.32. The van der Waals surface area contributed by atoms with E-state index in [9.17, 15) is 4.79 Å². The van der Waals surface area contributed by atoms with E-state index in [1.165, 1.54) is 0 Å². The second-order valence-electron chi connectivity index (χ2n) is 4.85. The minimum atomic E-state index is -0.224. The summed E-state index contributed by atoms with van der Waals surface area (Å²) < 4.78 is 6.89. The Morgan fingerprint density at radius 2 is 2.33 bits per heavy atom. The molecule has 0 bridgehead atoms. The van der Waals surface area contributed by atoms with Crippen LogP contribution < -0.4 is 5.32 Å². The fourth-order valence-corrected chi connectivity index (χ4v) is 2.08. The molecule has 0 saturated heterocycles. The number of amides is 1. The number of ether oxygens (including phenoxy) is 1. The van der Waals surface area contributed by atoms with E-state index >= 15 is 0 Å². The topological polar surface area (TPSA) is 69.0 Å². The zero-order valence-corrected chi connectivity index (χ0v) is 12.3. The number of pyridine rings is 1. The lowest BCUT2D eigenvalue weighted by atomic mass is 10.1. The summed E-state index contributed by atoms with van der Waals surface area (Å²) in [5, 5.41) is 7.05. The predicted molar refractivity (Wildman–Crippen MR) is 78.5 cm³/mol. The average molecular weight is 288 g/mol. The van der Waals surface area contributed by atoms with E-state index in [0.717, 1.165) is 11.3 Å². The van der Waals surface area contributed by atoms with Crippen molar-refractivity contribution in [1.82, 2.24) is 20.1 Å². The highest BCUT2D eigenvalue weighted by Gasteiger charge is 2.15. The van der Waals surface area contributed by atoms with Crippen molar-refractivity contribution in [2.45, 2.75) is 18.9 Å². The number of carbonyl (C=O) groups excluding carboxylic acids is 1. The summed E-state index contributed by atoms with van der Waals surface area (Å²) in [4.78, 5) is 16.3. The molecule has 0 aliphatic carbocycles. The van der Waals surface area contributed by atoms with Gasteiger partial charge in [-0.3, -0.25) is 14.5 Å². The van der Waals surface area contributed by atoms with Crippen LogP contribution in [-0.4, -0.2) is 34.4 Å². The summed E-state index contributed by atoms with van der Waals surface area (Å²) in [7, 11) is 3.47. The first-order chi connectivity index (χ1) is 10.2. The summed E-state index contributed by atoms with van der Waals surface area (Å²) >= 11 is 0. The standard InChI is InChI=1S/C15H20N4O2/c1-19-10-12(9-17-19)6-7-15(20)18-14(11-21-2)13-5-3-4-8-16-13/h3-5,8-10,14H,6-7,11H2,1-2H3,(H,18,20). The van der Waals surface area contributed by atoms with Gasteiger partial charge < -0.3 is 10.1 Å². The third kappa shape index (κ3) is 4.68. The number of aromatic nitrogens is 3. The summed E-state index contributed by atoms with van der Waals surface area (Å²) in [5.74, 6) is -0.0217. The Morgan fingerprint density at radius 3 is 2.95 bits per heavy atom. The Balaban J connectivity index is 1.89. The molecule has 0 aromatic carbocycles. The van der Waals surface area contributed by atoms with Crippen LogP contribution >= 0.6 is 0 Å². The van der Waals surface area contributed by atoms with Gasteiger partial charge >= 0.3 is 0 Å². The Labute approximate surface area is 124 Å². The van der Waals surface area contributed by atoms with E-state index in [1.54, 1.807) is 24.2 Å². The van der Waals surface area contributed by atoms with Crippen molar-refractivity contribution < 1.29 is 9.53 Å².